The van der Waals surface area contributed by atoms with Gasteiger partial charge in [0.05, 0.1) is 6.04 Å². The largest absolute Gasteiger partial charge is 0.507 e. The van der Waals surface area contributed by atoms with Gasteiger partial charge in [-0.15, -0.1) is 12.4 Å². The van der Waals surface area contributed by atoms with Gasteiger partial charge in [0.2, 0.25) is 0 Å². The van der Waals surface area contributed by atoms with Gasteiger partial charge in [-0.2, -0.15) is 0 Å². The molecule has 1 aromatic rings. The molecular weight excluding hydrogens is 267 g/mol. The van der Waals surface area contributed by atoms with E-state index < -0.39 is 0 Å². The van der Waals surface area contributed by atoms with Crippen LogP contribution in [0.25, 0.3) is 0 Å². The topological polar surface area (TPSA) is 35.5 Å². The number of hydrogen-bond acceptors (Lipinski definition) is 3. The molecule has 0 radical (unpaired) electrons. The predicted octanol–water partition coefficient (Wildman–Crippen LogP) is 2.35. The van der Waals surface area contributed by atoms with Crippen LogP contribution in [-0.4, -0.2) is 42.9 Å². The molecule has 5 heteroatoms. The molecule has 2 N–H and O–H groups in total. The zero-order chi connectivity index (χ0) is 13.1. The van der Waals surface area contributed by atoms with Crippen molar-refractivity contribution in [1.29, 1.82) is 0 Å². The van der Waals surface area contributed by atoms with E-state index in [1.165, 1.54) is 0 Å². The molecule has 0 bridgehead atoms. The van der Waals surface area contributed by atoms with Gasteiger partial charge in [0.25, 0.3) is 0 Å². The summed E-state index contributed by atoms with van der Waals surface area (Å²) >= 11 is 0. The zero-order valence-electron chi connectivity index (χ0n) is 11.4. The standard InChI is InChI=1S/C14H21FN2O.ClH/c1-10-7-12(8-11(2)14(10)18)13(9-15)17-5-3-16-4-6-17;/h7-8,13,16,18H,3-6,9H2,1-2H3;1H/t13-;/m1./s1. The minimum absolute atomic E-state index is 0. The minimum atomic E-state index is -0.385. The van der Waals surface area contributed by atoms with Crippen molar-refractivity contribution in [3.05, 3.63) is 28.8 Å². The second-order valence-corrected chi connectivity index (χ2v) is 4.96. The van der Waals surface area contributed by atoms with Crippen molar-refractivity contribution < 1.29 is 9.50 Å². The van der Waals surface area contributed by atoms with E-state index in [1.54, 1.807) is 0 Å². The molecule has 1 saturated heterocycles. The molecule has 0 aromatic heterocycles. The third-order valence-corrected chi connectivity index (χ3v) is 3.64. The number of aryl methyl sites for hydroxylation is 2. The first-order chi connectivity index (χ1) is 8.63. The van der Waals surface area contributed by atoms with Crippen LogP contribution >= 0.6 is 12.4 Å². The van der Waals surface area contributed by atoms with Crippen LogP contribution in [-0.2, 0) is 0 Å². The third-order valence-electron chi connectivity index (χ3n) is 3.64. The Morgan fingerprint density at radius 2 is 1.79 bits per heavy atom. The lowest BCUT2D eigenvalue weighted by molar-refractivity contribution is 0.147. The fourth-order valence-corrected chi connectivity index (χ4v) is 2.57. The second kappa shape index (κ2) is 7.08. The Hall–Kier alpha value is -0.840. The summed E-state index contributed by atoms with van der Waals surface area (Å²) in [6, 6.07) is 3.61. The Morgan fingerprint density at radius 1 is 1.26 bits per heavy atom. The van der Waals surface area contributed by atoms with Gasteiger partial charge in [-0.3, -0.25) is 4.90 Å². The number of aromatic hydroxyl groups is 1. The average molecular weight is 289 g/mol. The number of nitrogens with zero attached hydrogens (tertiary/aromatic N) is 1. The molecule has 19 heavy (non-hydrogen) atoms. The van der Waals surface area contributed by atoms with Crippen LogP contribution in [0.15, 0.2) is 12.1 Å². The van der Waals surface area contributed by atoms with Gasteiger partial charge in [0.15, 0.2) is 0 Å². The fraction of sp³-hybridized carbons (Fsp3) is 0.571. The van der Waals surface area contributed by atoms with Crippen LogP contribution in [0.4, 0.5) is 4.39 Å². The average Bonchev–Trinajstić information content (AvgIpc) is 2.38. The van der Waals surface area contributed by atoms with Gasteiger partial charge in [-0.05, 0) is 30.5 Å². The van der Waals surface area contributed by atoms with E-state index in [0.717, 1.165) is 42.9 Å². The van der Waals surface area contributed by atoms with Crippen molar-refractivity contribution in [3.8, 4) is 5.75 Å². The maximum absolute atomic E-state index is 13.4. The Balaban J connectivity index is 0.00000180. The number of nitrogens with one attached hydrogen (secondary N) is 1. The second-order valence-electron chi connectivity index (χ2n) is 4.96. The van der Waals surface area contributed by atoms with Crippen LogP contribution < -0.4 is 5.32 Å². The van der Waals surface area contributed by atoms with Crippen LogP contribution in [0.3, 0.4) is 0 Å². The smallest absolute Gasteiger partial charge is 0.121 e. The molecule has 0 unspecified atom stereocenters. The summed E-state index contributed by atoms with van der Waals surface area (Å²) in [6.45, 7) is 6.89. The number of rotatable bonds is 3. The van der Waals surface area contributed by atoms with E-state index in [-0.39, 0.29) is 25.1 Å². The molecule has 1 atom stereocenters. The Kier molecular flexibility index (Phi) is 6.04. The summed E-state index contributed by atoms with van der Waals surface area (Å²) in [5, 5.41) is 13.1. The van der Waals surface area contributed by atoms with Gasteiger partial charge >= 0.3 is 0 Å². The highest BCUT2D eigenvalue weighted by Gasteiger charge is 2.23. The van der Waals surface area contributed by atoms with E-state index in [2.05, 4.69) is 10.2 Å². The van der Waals surface area contributed by atoms with Crippen molar-refractivity contribution in [2.45, 2.75) is 19.9 Å². The number of hydrogen-bond donors (Lipinski definition) is 2. The zero-order valence-corrected chi connectivity index (χ0v) is 12.3. The molecular formula is C14H22ClFN2O. The SMILES string of the molecule is Cc1cc([C@@H](CF)N2CCNCC2)cc(C)c1O.Cl. The third kappa shape index (κ3) is 3.59. The Labute approximate surface area is 120 Å². The van der Waals surface area contributed by atoms with Gasteiger partial charge in [0, 0.05) is 26.2 Å². The molecule has 1 aliphatic rings. The van der Waals surface area contributed by atoms with Crippen LogP contribution in [0, 0.1) is 13.8 Å². The molecule has 0 aliphatic carbocycles. The van der Waals surface area contributed by atoms with Crippen LogP contribution in [0.1, 0.15) is 22.7 Å². The number of alkyl halides is 1. The Morgan fingerprint density at radius 3 is 2.26 bits per heavy atom. The summed E-state index contributed by atoms with van der Waals surface area (Å²) in [5.41, 5.74) is 2.60. The number of phenolic OH excluding ortho intramolecular Hbond substituents is 1. The van der Waals surface area contributed by atoms with Crippen LogP contribution in [0.2, 0.25) is 0 Å². The van der Waals surface area contributed by atoms with E-state index in [0.29, 0.717) is 5.75 Å². The first-order valence-corrected chi connectivity index (χ1v) is 6.44. The van der Waals surface area contributed by atoms with Crippen molar-refractivity contribution in [2.24, 2.45) is 0 Å². The summed E-state index contributed by atoms with van der Waals surface area (Å²) < 4.78 is 13.4. The molecule has 0 amide bonds. The molecule has 108 valence electrons. The van der Waals surface area contributed by atoms with Gasteiger partial charge in [-0.25, -0.2) is 4.39 Å². The lowest BCUT2D eigenvalue weighted by Crippen LogP contribution is -2.45. The molecule has 0 saturated carbocycles. The van der Waals surface area contributed by atoms with Gasteiger partial charge in [-0.1, -0.05) is 12.1 Å². The van der Waals surface area contributed by atoms with Crippen molar-refractivity contribution >= 4 is 12.4 Å². The summed E-state index contributed by atoms with van der Waals surface area (Å²) in [4.78, 5) is 2.17. The summed E-state index contributed by atoms with van der Waals surface area (Å²) in [6.07, 6.45) is 0. The number of piperazine rings is 1. The van der Waals surface area contributed by atoms with E-state index >= 15 is 0 Å². The van der Waals surface area contributed by atoms with Gasteiger partial charge < -0.3 is 10.4 Å². The molecule has 1 fully saturated rings. The van der Waals surface area contributed by atoms with E-state index in [1.807, 2.05) is 26.0 Å². The summed E-state index contributed by atoms with van der Waals surface area (Å²) in [5.74, 6) is 0.316. The maximum atomic E-state index is 13.4. The first kappa shape index (κ1) is 16.2. The normalized spacial score (nSPS) is 17.8. The number of benzene rings is 1. The number of halogens is 2. The quantitative estimate of drug-likeness (QED) is 0.896. The molecule has 3 nitrogen and oxygen atoms in total. The monoisotopic (exact) mass is 288 g/mol. The van der Waals surface area contributed by atoms with E-state index in [9.17, 15) is 9.50 Å². The first-order valence-electron chi connectivity index (χ1n) is 6.44. The number of phenols is 1. The molecule has 0 spiro atoms. The molecule has 2 rings (SSSR count). The predicted molar refractivity (Wildman–Crippen MR) is 78.0 cm³/mol. The van der Waals surface area contributed by atoms with Gasteiger partial charge in [0.1, 0.15) is 12.4 Å². The van der Waals surface area contributed by atoms with Crippen molar-refractivity contribution in [1.82, 2.24) is 10.2 Å². The fourth-order valence-electron chi connectivity index (χ4n) is 2.57. The highest BCUT2D eigenvalue weighted by atomic mass is 35.5. The summed E-state index contributed by atoms with van der Waals surface area (Å²) in [7, 11) is 0. The highest BCUT2D eigenvalue weighted by Crippen LogP contribution is 2.29. The molecule has 1 aromatic carbocycles. The molecule has 1 heterocycles. The lowest BCUT2D eigenvalue weighted by atomic mass is 9.99. The van der Waals surface area contributed by atoms with Crippen LogP contribution in [0.5, 0.6) is 5.75 Å². The Bertz CT molecular complexity index is 399. The van der Waals surface area contributed by atoms with Crippen molar-refractivity contribution in [2.75, 3.05) is 32.9 Å². The molecule has 1 aliphatic heterocycles. The lowest BCUT2D eigenvalue weighted by Gasteiger charge is -2.34. The maximum Gasteiger partial charge on any atom is 0.121 e. The highest BCUT2D eigenvalue weighted by molar-refractivity contribution is 5.85. The minimum Gasteiger partial charge on any atom is -0.507 e. The van der Waals surface area contributed by atoms with Crippen molar-refractivity contribution in [3.63, 3.8) is 0 Å². The van der Waals surface area contributed by atoms with E-state index in [4.69, 9.17) is 0 Å².